The lowest BCUT2D eigenvalue weighted by molar-refractivity contribution is 0.330. The fourth-order valence-corrected chi connectivity index (χ4v) is 7.94. The molecule has 0 atom stereocenters. The first-order valence-electron chi connectivity index (χ1n) is 17.7. The Morgan fingerprint density at radius 2 is 0.618 bits per heavy atom. The summed E-state index contributed by atoms with van der Waals surface area (Å²) >= 11 is 0. The average molecular weight is 716 g/mol. The van der Waals surface area contributed by atoms with Gasteiger partial charge in [-0.25, -0.2) is 15.0 Å². The van der Waals surface area contributed by atoms with Gasteiger partial charge in [-0.2, -0.15) is 0 Å². The third kappa shape index (κ3) is 4.82. The lowest BCUT2D eigenvalue weighted by Gasteiger charge is -2.19. The molecule has 0 saturated heterocycles. The van der Waals surface area contributed by atoms with Crippen LogP contribution in [-0.4, -0.2) is 40.5 Å². The van der Waals surface area contributed by atoms with Gasteiger partial charge in [0.2, 0.25) is 17.2 Å². The monoisotopic (exact) mass is 715 g/mol. The van der Waals surface area contributed by atoms with Crippen molar-refractivity contribution in [1.82, 2.24) is 15.0 Å². The predicted octanol–water partition coefficient (Wildman–Crippen LogP) is 10.8. The van der Waals surface area contributed by atoms with E-state index >= 15 is 0 Å². The van der Waals surface area contributed by atoms with Gasteiger partial charge in [-0.15, -0.1) is 0 Å². The van der Waals surface area contributed by atoms with Crippen LogP contribution in [0.25, 0.3) is 99.2 Å². The minimum atomic E-state index is -1.02. The van der Waals surface area contributed by atoms with E-state index in [0.717, 1.165) is 38.1 Å². The summed E-state index contributed by atoms with van der Waals surface area (Å²) < 4.78 is 0. The first-order valence-corrected chi connectivity index (χ1v) is 17.7. The Labute approximate surface area is 313 Å². The fraction of sp³-hybridized carbons (Fsp3) is 0. The third-order valence-corrected chi connectivity index (χ3v) is 10.4. The van der Waals surface area contributed by atoms with Crippen LogP contribution >= 0.6 is 0 Å². The van der Waals surface area contributed by atoms with Crippen LogP contribution in [0.4, 0.5) is 0 Å². The Morgan fingerprint density at radius 3 is 1.13 bits per heavy atom. The maximum absolute atomic E-state index is 11.2. The summed E-state index contributed by atoms with van der Waals surface area (Å²) in [5.74, 6) is -3.13. The number of hydrogen-bond acceptors (Lipinski definition) is 8. The van der Waals surface area contributed by atoms with Crippen molar-refractivity contribution in [3.8, 4) is 74.0 Å². The molecule has 1 heterocycles. The van der Waals surface area contributed by atoms with Gasteiger partial charge in [-0.05, 0) is 59.9 Å². The maximum Gasteiger partial charge on any atom is 0.208 e. The molecular formula is C47H29N3O5. The minimum absolute atomic E-state index is 0.232. The van der Waals surface area contributed by atoms with Crippen LogP contribution in [0.5, 0.6) is 28.7 Å². The molecule has 0 aliphatic rings. The molecule has 0 radical (unpaired) electrons. The molecule has 1 aromatic heterocycles. The topological polar surface area (TPSA) is 140 Å². The van der Waals surface area contributed by atoms with Gasteiger partial charge in [-0.1, -0.05) is 140 Å². The first kappa shape index (κ1) is 32.0. The van der Waals surface area contributed by atoms with E-state index in [9.17, 15) is 25.5 Å². The van der Waals surface area contributed by atoms with E-state index in [0.29, 0.717) is 50.1 Å². The highest BCUT2D eigenvalue weighted by atomic mass is 16.4. The van der Waals surface area contributed by atoms with Gasteiger partial charge in [0.1, 0.15) is 0 Å². The zero-order valence-electron chi connectivity index (χ0n) is 28.9. The van der Waals surface area contributed by atoms with Gasteiger partial charge in [0, 0.05) is 22.3 Å². The van der Waals surface area contributed by atoms with Crippen LogP contribution in [-0.2, 0) is 0 Å². The fourth-order valence-electron chi connectivity index (χ4n) is 7.94. The molecule has 0 aliphatic carbocycles. The van der Waals surface area contributed by atoms with Crippen molar-refractivity contribution in [2.45, 2.75) is 0 Å². The summed E-state index contributed by atoms with van der Waals surface area (Å²) in [6, 6.07) is 47.7. The Bertz CT molecular complexity index is 3100. The average Bonchev–Trinajstić information content (AvgIpc) is 3.25. The zero-order chi connectivity index (χ0) is 37.4. The number of rotatable bonds is 4. The van der Waals surface area contributed by atoms with E-state index in [-0.39, 0.29) is 5.56 Å². The summed E-state index contributed by atoms with van der Waals surface area (Å²) in [4.78, 5) is 15.3. The van der Waals surface area contributed by atoms with Crippen molar-refractivity contribution in [3.05, 3.63) is 146 Å². The second kappa shape index (κ2) is 12.2. The maximum atomic E-state index is 11.2. The first-order chi connectivity index (χ1) is 26.9. The quantitative estimate of drug-likeness (QED) is 0.0525. The Kier molecular flexibility index (Phi) is 7.08. The number of aromatic nitrogens is 3. The van der Waals surface area contributed by atoms with Gasteiger partial charge in [0.05, 0.1) is 5.56 Å². The van der Waals surface area contributed by atoms with E-state index in [4.69, 9.17) is 15.0 Å². The molecule has 5 N–H and O–H groups in total. The largest absolute Gasteiger partial charge is 0.504 e. The Hall–Kier alpha value is -7.71. The van der Waals surface area contributed by atoms with E-state index in [1.165, 1.54) is 5.39 Å². The van der Waals surface area contributed by atoms with Crippen molar-refractivity contribution >= 4 is 53.9 Å². The molecule has 0 spiro atoms. The highest BCUT2D eigenvalue weighted by Crippen LogP contribution is 2.57. The predicted molar refractivity (Wildman–Crippen MR) is 217 cm³/mol. The molecule has 9 aromatic carbocycles. The van der Waals surface area contributed by atoms with E-state index in [1.54, 1.807) is 0 Å². The molecule has 8 heteroatoms. The summed E-state index contributed by atoms with van der Waals surface area (Å²) in [5.41, 5.74) is 2.40. The third-order valence-electron chi connectivity index (χ3n) is 10.4. The molecule has 10 aromatic rings. The Balaban J connectivity index is 1.29. The number of hydrogen-bond donors (Lipinski definition) is 5. The molecule has 0 aliphatic heterocycles. The minimum Gasteiger partial charge on any atom is -0.504 e. The molecule has 262 valence electrons. The summed E-state index contributed by atoms with van der Waals surface area (Å²) in [6.07, 6.45) is 0. The van der Waals surface area contributed by atoms with Crippen LogP contribution in [0.2, 0.25) is 0 Å². The molecule has 55 heavy (non-hydrogen) atoms. The van der Waals surface area contributed by atoms with Gasteiger partial charge in [-0.3, -0.25) is 0 Å². The second-order valence-electron chi connectivity index (χ2n) is 13.5. The van der Waals surface area contributed by atoms with Crippen molar-refractivity contribution in [2.24, 2.45) is 0 Å². The number of nitrogens with zero attached hydrogens (tertiary/aromatic N) is 3. The zero-order valence-corrected chi connectivity index (χ0v) is 28.9. The number of phenolic OH excluding ortho intramolecular Hbond substituents is 5. The van der Waals surface area contributed by atoms with E-state index in [1.807, 2.05) is 84.9 Å². The molecule has 8 nitrogen and oxygen atoms in total. The van der Waals surface area contributed by atoms with Crippen LogP contribution in [0, 0.1) is 0 Å². The number of aromatic hydroxyl groups is 5. The van der Waals surface area contributed by atoms with Crippen molar-refractivity contribution in [2.75, 3.05) is 0 Å². The van der Waals surface area contributed by atoms with Crippen LogP contribution in [0.1, 0.15) is 0 Å². The van der Waals surface area contributed by atoms with Gasteiger partial charge < -0.3 is 25.5 Å². The molecule has 10 rings (SSSR count). The number of benzene rings is 9. The van der Waals surface area contributed by atoms with Gasteiger partial charge in [0.15, 0.2) is 29.0 Å². The highest BCUT2D eigenvalue weighted by molar-refractivity contribution is 6.26. The van der Waals surface area contributed by atoms with Crippen molar-refractivity contribution < 1.29 is 25.5 Å². The molecule has 0 fully saturated rings. The molecular weight excluding hydrogens is 687 g/mol. The smallest absolute Gasteiger partial charge is 0.208 e. The summed E-state index contributed by atoms with van der Waals surface area (Å²) in [5, 5.41) is 63.0. The van der Waals surface area contributed by atoms with Gasteiger partial charge in [0.25, 0.3) is 0 Å². The second-order valence-corrected chi connectivity index (χ2v) is 13.5. The SMILES string of the molecule is Oc1c(O)c(O)c(-c2c3ccccc3c(-c3nc(-c4ccccc4)nc(-c4ccc5c6ccccc6c6ccccc6c5c4)n3)c3ccccc23)c(O)c1O. The van der Waals surface area contributed by atoms with Gasteiger partial charge >= 0.3 is 0 Å². The highest BCUT2D eigenvalue weighted by Gasteiger charge is 2.28. The molecule has 0 amide bonds. The molecule has 0 saturated carbocycles. The lowest BCUT2D eigenvalue weighted by Crippen LogP contribution is -2.02. The van der Waals surface area contributed by atoms with Crippen molar-refractivity contribution in [3.63, 3.8) is 0 Å². The number of phenols is 5. The molecule has 0 unspecified atom stereocenters. The van der Waals surface area contributed by atoms with Crippen LogP contribution in [0.15, 0.2) is 146 Å². The Morgan fingerprint density at radius 1 is 0.255 bits per heavy atom. The summed E-state index contributed by atoms with van der Waals surface area (Å²) in [7, 11) is 0. The van der Waals surface area contributed by atoms with E-state index in [2.05, 4.69) is 60.7 Å². The normalized spacial score (nSPS) is 11.6. The van der Waals surface area contributed by atoms with Crippen LogP contribution in [0.3, 0.4) is 0 Å². The number of fused-ring (bicyclic) bond motifs is 8. The van der Waals surface area contributed by atoms with Crippen LogP contribution < -0.4 is 0 Å². The standard InChI is InChI=1S/C47H29N3O5/c51-40-39(41(52)43(54)44(55)42(40)53)37-32-18-8-10-20-34(32)38(35-21-11-9-19-33(35)37)47-49-45(25-12-2-1-3-13-25)48-46(50-47)26-22-23-31-29-16-5-4-14-27(29)28-15-6-7-17-30(28)36(31)24-26/h1-24,51-55H. The van der Waals surface area contributed by atoms with Crippen molar-refractivity contribution in [1.29, 1.82) is 0 Å². The van der Waals surface area contributed by atoms with E-state index < -0.39 is 28.7 Å². The summed E-state index contributed by atoms with van der Waals surface area (Å²) in [6.45, 7) is 0. The lowest BCUT2D eigenvalue weighted by atomic mass is 9.87. The molecule has 0 bridgehead atoms.